The Morgan fingerprint density at radius 2 is 2.00 bits per heavy atom. The van der Waals surface area contributed by atoms with Crippen LogP contribution < -0.4 is 10.6 Å². The molecule has 20 heavy (non-hydrogen) atoms. The second-order valence-corrected chi connectivity index (χ2v) is 5.32. The lowest BCUT2D eigenvalue weighted by molar-refractivity contribution is -0.122. The second kappa shape index (κ2) is 6.57. The van der Waals surface area contributed by atoms with E-state index in [9.17, 15) is 4.79 Å². The quantitative estimate of drug-likeness (QED) is 0.851. The normalized spacial score (nSPS) is 14.2. The summed E-state index contributed by atoms with van der Waals surface area (Å²) in [6.07, 6.45) is 0. The number of fused-ring (bicyclic) bond motifs is 1. The number of carbonyl (C=O) groups excluding carboxylic acids is 1. The summed E-state index contributed by atoms with van der Waals surface area (Å²) in [6, 6.07) is 9.74. The maximum atomic E-state index is 12.1. The van der Waals surface area contributed by atoms with Crippen molar-refractivity contribution in [1.82, 2.24) is 10.6 Å². The van der Waals surface area contributed by atoms with Gasteiger partial charge in [-0.05, 0) is 38.6 Å². The highest BCUT2D eigenvalue weighted by Crippen LogP contribution is 2.24. The van der Waals surface area contributed by atoms with Crippen LogP contribution in [0.2, 0.25) is 0 Å². The van der Waals surface area contributed by atoms with Crippen molar-refractivity contribution in [2.45, 2.75) is 19.8 Å². The lowest BCUT2D eigenvalue weighted by Gasteiger charge is -2.14. The van der Waals surface area contributed by atoms with Gasteiger partial charge in [-0.2, -0.15) is 0 Å². The molecule has 1 aromatic heterocycles. The van der Waals surface area contributed by atoms with Gasteiger partial charge in [-0.1, -0.05) is 25.1 Å². The molecule has 108 valence electrons. The SMILES string of the molecule is CNCC(C)CNC(=O)C(C)c1cc2ccccc2o1. The minimum Gasteiger partial charge on any atom is -0.460 e. The maximum absolute atomic E-state index is 12.1. The average Bonchev–Trinajstić information content (AvgIpc) is 2.88. The molecule has 0 aliphatic rings. The van der Waals surface area contributed by atoms with Gasteiger partial charge in [0.15, 0.2) is 0 Å². The molecular weight excluding hydrogens is 252 g/mol. The summed E-state index contributed by atoms with van der Waals surface area (Å²) in [4.78, 5) is 12.1. The van der Waals surface area contributed by atoms with E-state index >= 15 is 0 Å². The molecule has 4 heteroatoms. The van der Waals surface area contributed by atoms with E-state index in [1.165, 1.54) is 0 Å². The molecule has 1 heterocycles. The van der Waals surface area contributed by atoms with Gasteiger partial charge in [-0.3, -0.25) is 4.79 Å². The molecule has 0 fully saturated rings. The summed E-state index contributed by atoms with van der Waals surface area (Å²) in [6.45, 7) is 5.53. The van der Waals surface area contributed by atoms with Crippen molar-refractivity contribution in [2.75, 3.05) is 20.1 Å². The highest BCUT2D eigenvalue weighted by molar-refractivity contribution is 5.85. The van der Waals surface area contributed by atoms with Gasteiger partial charge in [0, 0.05) is 11.9 Å². The standard InChI is InChI=1S/C16H22N2O2/c1-11(9-17-3)10-18-16(19)12(2)15-8-13-6-4-5-7-14(13)20-15/h4-8,11-12,17H,9-10H2,1-3H3,(H,18,19). The van der Waals surface area contributed by atoms with Gasteiger partial charge < -0.3 is 15.1 Å². The smallest absolute Gasteiger partial charge is 0.230 e. The number of carbonyl (C=O) groups is 1. The molecule has 1 amide bonds. The first-order valence-electron chi connectivity index (χ1n) is 7.02. The molecule has 0 saturated carbocycles. The van der Waals surface area contributed by atoms with Crippen LogP contribution in [-0.2, 0) is 4.79 Å². The van der Waals surface area contributed by atoms with E-state index < -0.39 is 0 Å². The Kier molecular flexibility index (Phi) is 4.79. The van der Waals surface area contributed by atoms with Crippen molar-refractivity contribution in [3.8, 4) is 0 Å². The Morgan fingerprint density at radius 3 is 2.70 bits per heavy atom. The van der Waals surface area contributed by atoms with Crippen molar-refractivity contribution in [3.63, 3.8) is 0 Å². The van der Waals surface area contributed by atoms with Crippen molar-refractivity contribution >= 4 is 16.9 Å². The predicted molar refractivity (Wildman–Crippen MR) is 80.7 cm³/mol. The van der Waals surface area contributed by atoms with Crippen molar-refractivity contribution in [2.24, 2.45) is 5.92 Å². The van der Waals surface area contributed by atoms with Gasteiger partial charge in [0.25, 0.3) is 0 Å². The molecule has 2 N–H and O–H groups in total. The zero-order chi connectivity index (χ0) is 14.5. The maximum Gasteiger partial charge on any atom is 0.230 e. The summed E-state index contributed by atoms with van der Waals surface area (Å²) >= 11 is 0. The molecule has 0 spiro atoms. The van der Waals surface area contributed by atoms with Crippen LogP contribution in [-0.4, -0.2) is 26.0 Å². The van der Waals surface area contributed by atoms with E-state index in [4.69, 9.17) is 4.42 Å². The number of benzene rings is 1. The zero-order valence-electron chi connectivity index (χ0n) is 12.3. The fraction of sp³-hybridized carbons (Fsp3) is 0.438. The molecule has 0 saturated heterocycles. The molecule has 1 aromatic carbocycles. The molecule has 2 rings (SSSR count). The number of para-hydroxylation sites is 1. The third kappa shape index (κ3) is 3.39. The molecule has 0 aliphatic carbocycles. The van der Waals surface area contributed by atoms with Crippen LogP contribution in [0.1, 0.15) is 25.5 Å². The lowest BCUT2D eigenvalue weighted by atomic mass is 10.1. The molecule has 2 unspecified atom stereocenters. The topological polar surface area (TPSA) is 54.3 Å². The van der Waals surface area contributed by atoms with Crippen LogP contribution in [0.3, 0.4) is 0 Å². The Labute approximate surface area is 119 Å². The second-order valence-electron chi connectivity index (χ2n) is 5.32. The Balaban J connectivity index is 1.99. The molecular formula is C16H22N2O2. The van der Waals surface area contributed by atoms with Gasteiger partial charge in [-0.25, -0.2) is 0 Å². The van der Waals surface area contributed by atoms with Gasteiger partial charge in [-0.15, -0.1) is 0 Å². The van der Waals surface area contributed by atoms with E-state index in [0.717, 1.165) is 17.5 Å². The van der Waals surface area contributed by atoms with E-state index in [2.05, 4.69) is 17.6 Å². The van der Waals surface area contributed by atoms with Crippen molar-refractivity contribution < 1.29 is 9.21 Å². The van der Waals surface area contributed by atoms with Crippen molar-refractivity contribution in [3.05, 3.63) is 36.1 Å². The molecule has 0 aliphatic heterocycles. The van der Waals surface area contributed by atoms with Crippen LogP contribution in [0.5, 0.6) is 0 Å². The highest BCUT2D eigenvalue weighted by atomic mass is 16.3. The van der Waals surface area contributed by atoms with Gasteiger partial charge in [0.05, 0.1) is 5.92 Å². The number of hydrogen-bond acceptors (Lipinski definition) is 3. The summed E-state index contributed by atoms with van der Waals surface area (Å²) in [7, 11) is 1.91. The summed E-state index contributed by atoms with van der Waals surface area (Å²) < 4.78 is 5.73. The predicted octanol–water partition coefficient (Wildman–Crippen LogP) is 2.51. The third-order valence-electron chi connectivity index (χ3n) is 3.44. The fourth-order valence-corrected chi connectivity index (χ4v) is 2.19. The van der Waals surface area contributed by atoms with Crippen LogP contribution in [0.15, 0.2) is 34.7 Å². The van der Waals surface area contributed by atoms with Gasteiger partial charge in [0.1, 0.15) is 11.3 Å². The van der Waals surface area contributed by atoms with E-state index in [1.807, 2.05) is 44.3 Å². The first kappa shape index (κ1) is 14.6. The largest absolute Gasteiger partial charge is 0.460 e. The molecule has 0 bridgehead atoms. The molecule has 2 atom stereocenters. The van der Waals surface area contributed by atoms with E-state index in [1.54, 1.807) is 0 Å². The van der Waals surface area contributed by atoms with Gasteiger partial charge >= 0.3 is 0 Å². The number of nitrogens with one attached hydrogen (secondary N) is 2. The monoisotopic (exact) mass is 274 g/mol. The van der Waals surface area contributed by atoms with Crippen molar-refractivity contribution in [1.29, 1.82) is 0 Å². The Morgan fingerprint density at radius 1 is 1.25 bits per heavy atom. The number of amides is 1. The van der Waals surface area contributed by atoms with Crippen LogP contribution in [0.4, 0.5) is 0 Å². The highest BCUT2D eigenvalue weighted by Gasteiger charge is 2.19. The van der Waals surface area contributed by atoms with E-state index in [-0.39, 0.29) is 11.8 Å². The first-order chi connectivity index (χ1) is 9.61. The minimum atomic E-state index is -0.274. The number of furan rings is 1. The third-order valence-corrected chi connectivity index (χ3v) is 3.44. The van der Waals surface area contributed by atoms with Crippen LogP contribution in [0.25, 0.3) is 11.0 Å². The minimum absolute atomic E-state index is 0.00649. The summed E-state index contributed by atoms with van der Waals surface area (Å²) in [5.41, 5.74) is 0.825. The number of rotatable bonds is 6. The lowest BCUT2D eigenvalue weighted by Crippen LogP contribution is -2.34. The number of hydrogen-bond donors (Lipinski definition) is 2. The Hall–Kier alpha value is -1.81. The molecule has 2 aromatic rings. The molecule has 0 radical (unpaired) electrons. The van der Waals surface area contributed by atoms with Crippen LogP contribution in [0, 0.1) is 5.92 Å². The van der Waals surface area contributed by atoms with Gasteiger partial charge in [0.2, 0.25) is 5.91 Å². The van der Waals surface area contributed by atoms with Crippen LogP contribution >= 0.6 is 0 Å². The molecule has 4 nitrogen and oxygen atoms in total. The van der Waals surface area contributed by atoms with E-state index in [0.29, 0.717) is 18.2 Å². The first-order valence-corrected chi connectivity index (χ1v) is 7.02. The average molecular weight is 274 g/mol. The summed E-state index contributed by atoms with van der Waals surface area (Å²) in [5.74, 6) is 0.855. The summed E-state index contributed by atoms with van der Waals surface area (Å²) in [5, 5.41) is 7.10. The fourth-order valence-electron chi connectivity index (χ4n) is 2.19. The Bertz CT molecular complexity index is 544. The zero-order valence-corrected chi connectivity index (χ0v) is 12.3.